The average Bonchev–Trinajstić information content (AvgIpc) is 3.00. The number of amides is 1. The Morgan fingerprint density at radius 2 is 1.88 bits per heavy atom. The molecule has 2 aromatic heterocycles. The molecular formula is C18H19N5O. The normalized spacial score (nSPS) is 33.5. The molecule has 4 bridgehead atoms. The molecule has 24 heavy (non-hydrogen) atoms. The predicted octanol–water partition coefficient (Wildman–Crippen LogP) is 2.16. The number of nitrogens with one attached hydrogen (secondary N) is 1. The molecule has 0 spiro atoms. The molecule has 1 amide bonds. The lowest BCUT2D eigenvalue weighted by Crippen LogP contribution is -2.55. The smallest absolute Gasteiger partial charge is 0.257 e. The first-order valence-electron chi connectivity index (χ1n) is 8.75. The minimum Gasteiger partial charge on any atom is -0.349 e. The summed E-state index contributed by atoms with van der Waals surface area (Å²) in [7, 11) is 0. The Bertz CT molecular complexity index is 836. The number of carbonyl (C=O) groups is 1. The van der Waals surface area contributed by atoms with Crippen molar-refractivity contribution in [2.45, 2.75) is 38.1 Å². The zero-order valence-corrected chi connectivity index (χ0v) is 13.4. The van der Waals surface area contributed by atoms with Crippen LogP contribution in [0.25, 0.3) is 5.65 Å². The Hall–Kier alpha value is -2.42. The first-order valence-corrected chi connectivity index (χ1v) is 8.75. The summed E-state index contributed by atoms with van der Waals surface area (Å²) in [5.74, 6) is 2.99. The van der Waals surface area contributed by atoms with Crippen molar-refractivity contribution < 1.29 is 4.79 Å². The molecule has 6 rings (SSSR count). The van der Waals surface area contributed by atoms with Gasteiger partial charge in [0.2, 0.25) is 0 Å². The number of nitriles is 1. The Morgan fingerprint density at radius 3 is 2.54 bits per heavy atom. The highest BCUT2D eigenvalue weighted by molar-refractivity contribution is 5.99. The summed E-state index contributed by atoms with van der Waals surface area (Å²) < 4.78 is 1.50. The molecule has 2 heterocycles. The monoisotopic (exact) mass is 321 g/mol. The van der Waals surface area contributed by atoms with Crippen LogP contribution in [0.1, 0.15) is 48.0 Å². The van der Waals surface area contributed by atoms with Gasteiger partial charge in [-0.3, -0.25) is 4.79 Å². The van der Waals surface area contributed by atoms with Crippen LogP contribution < -0.4 is 5.32 Å². The van der Waals surface area contributed by atoms with Gasteiger partial charge in [-0.05, 0) is 55.8 Å². The Morgan fingerprint density at radius 1 is 1.17 bits per heavy atom. The first kappa shape index (κ1) is 14.0. The van der Waals surface area contributed by atoms with Gasteiger partial charge < -0.3 is 5.32 Å². The van der Waals surface area contributed by atoms with Gasteiger partial charge in [0, 0.05) is 12.2 Å². The van der Waals surface area contributed by atoms with Gasteiger partial charge in [-0.1, -0.05) is 0 Å². The molecule has 1 N–H and O–H groups in total. The molecule has 0 aromatic carbocycles. The third-order valence-corrected chi connectivity index (χ3v) is 6.25. The zero-order chi connectivity index (χ0) is 16.3. The van der Waals surface area contributed by atoms with Crippen LogP contribution in [-0.4, -0.2) is 26.5 Å². The summed E-state index contributed by atoms with van der Waals surface area (Å²) in [6, 6.07) is 2.34. The fourth-order valence-electron chi connectivity index (χ4n) is 5.48. The van der Waals surface area contributed by atoms with E-state index in [0.717, 1.165) is 11.8 Å². The van der Waals surface area contributed by atoms with Crippen molar-refractivity contribution in [3.8, 4) is 6.07 Å². The van der Waals surface area contributed by atoms with E-state index in [-0.39, 0.29) is 5.91 Å². The van der Waals surface area contributed by atoms with Crippen LogP contribution >= 0.6 is 0 Å². The SMILES string of the molecule is N#Cc1cnc2c(C(=O)NC3C4CC5CC(C4)CC3C5)cnn2c1. The van der Waals surface area contributed by atoms with Crippen LogP contribution in [0.15, 0.2) is 18.6 Å². The molecule has 0 saturated heterocycles. The summed E-state index contributed by atoms with van der Waals surface area (Å²) in [6.07, 6.45) is 11.1. The second kappa shape index (κ2) is 5.04. The summed E-state index contributed by atoms with van der Waals surface area (Å²) >= 11 is 0. The van der Waals surface area contributed by atoms with Crippen LogP contribution in [-0.2, 0) is 0 Å². The van der Waals surface area contributed by atoms with Gasteiger partial charge in [-0.25, -0.2) is 9.50 Å². The number of rotatable bonds is 2. The summed E-state index contributed by atoms with van der Waals surface area (Å²) in [5, 5.41) is 16.4. The topological polar surface area (TPSA) is 83.1 Å². The van der Waals surface area contributed by atoms with E-state index in [1.54, 1.807) is 12.4 Å². The van der Waals surface area contributed by atoms with E-state index in [9.17, 15) is 4.79 Å². The van der Waals surface area contributed by atoms with E-state index >= 15 is 0 Å². The van der Waals surface area contributed by atoms with E-state index in [4.69, 9.17) is 5.26 Å². The number of hydrogen-bond donors (Lipinski definition) is 1. The van der Waals surface area contributed by atoms with Gasteiger partial charge in [0.15, 0.2) is 5.65 Å². The lowest BCUT2D eigenvalue weighted by Gasteiger charge is -2.54. The maximum Gasteiger partial charge on any atom is 0.257 e. The van der Waals surface area contributed by atoms with Crippen molar-refractivity contribution in [3.05, 3.63) is 29.7 Å². The standard InChI is InChI=1S/C18H19N5O/c19-6-12-7-20-17-15(8-21-23(17)9-12)18(24)22-16-13-2-10-1-11(4-13)5-14(16)3-10/h7-11,13-14,16H,1-5H2,(H,22,24). The van der Waals surface area contributed by atoms with Crippen molar-refractivity contribution in [1.82, 2.24) is 19.9 Å². The quantitative estimate of drug-likeness (QED) is 0.918. The molecule has 0 atom stereocenters. The molecule has 4 aliphatic carbocycles. The fraction of sp³-hybridized carbons (Fsp3) is 0.556. The molecule has 0 unspecified atom stereocenters. The molecule has 4 fully saturated rings. The van der Waals surface area contributed by atoms with Gasteiger partial charge in [-0.15, -0.1) is 0 Å². The zero-order valence-electron chi connectivity index (χ0n) is 13.4. The Balaban J connectivity index is 1.40. The first-order chi connectivity index (χ1) is 11.7. The highest BCUT2D eigenvalue weighted by Crippen LogP contribution is 2.53. The van der Waals surface area contributed by atoms with Crippen molar-refractivity contribution >= 4 is 11.6 Å². The predicted molar refractivity (Wildman–Crippen MR) is 86.0 cm³/mol. The van der Waals surface area contributed by atoms with Crippen molar-refractivity contribution in [2.75, 3.05) is 0 Å². The molecular weight excluding hydrogens is 302 g/mol. The van der Waals surface area contributed by atoms with Crippen LogP contribution in [0.5, 0.6) is 0 Å². The third kappa shape index (κ3) is 2.04. The van der Waals surface area contributed by atoms with E-state index in [1.807, 2.05) is 6.07 Å². The second-order valence-corrected chi connectivity index (χ2v) is 7.71. The second-order valence-electron chi connectivity index (χ2n) is 7.71. The largest absolute Gasteiger partial charge is 0.349 e. The molecule has 6 heteroatoms. The minimum atomic E-state index is -0.0836. The van der Waals surface area contributed by atoms with Crippen LogP contribution in [0.4, 0.5) is 0 Å². The molecule has 122 valence electrons. The Labute approximate surface area is 139 Å². The minimum absolute atomic E-state index is 0.0836. The van der Waals surface area contributed by atoms with E-state index < -0.39 is 0 Å². The van der Waals surface area contributed by atoms with Crippen LogP contribution in [0.2, 0.25) is 0 Å². The maximum atomic E-state index is 12.8. The van der Waals surface area contributed by atoms with Gasteiger partial charge in [0.1, 0.15) is 11.6 Å². The lowest BCUT2D eigenvalue weighted by molar-refractivity contribution is -0.0119. The van der Waals surface area contributed by atoms with Crippen LogP contribution in [0.3, 0.4) is 0 Å². The maximum absolute atomic E-state index is 12.8. The number of aromatic nitrogens is 3. The van der Waals surface area contributed by atoms with Crippen molar-refractivity contribution in [1.29, 1.82) is 5.26 Å². The molecule has 2 aromatic rings. The highest BCUT2D eigenvalue weighted by Gasteiger charge is 2.48. The van der Waals surface area contributed by atoms with Gasteiger partial charge >= 0.3 is 0 Å². The van der Waals surface area contributed by atoms with Crippen molar-refractivity contribution in [2.24, 2.45) is 23.7 Å². The fourth-order valence-corrected chi connectivity index (χ4v) is 5.48. The molecule has 6 nitrogen and oxygen atoms in total. The number of carbonyl (C=O) groups excluding carboxylic acids is 1. The van der Waals surface area contributed by atoms with Crippen LogP contribution in [0, 0.1) is 35.0 Å². The summed E-state index contributed by atoms with van der Waals surface area (Å²) in [4.78, 5) is 17.0. The highest BCUT2D eigenvalue weighted by atomic mass is 16.1. The number of nitrogens with zero attached hydrogens (tertiary/aromatic N) is 4. The number of hydrogen-bond acceptors (Lipinski definition) is 4. The Kier molecular flexibility index (Phi) is 2.93. The molecule has 0 aliphatic heterocycles. The van der Waals surface area contributed by atoms with E-state index in [1.165, 1.54) is 42.8 Å². The average molecular weight is 321 g/mol. The van der Waals surface area contributed by atoms with E-state index in [0.29, 0.717) is 34.7 Å². The summed E-state index contributed by atoms with van der Waals surface area (Å²) in [5.41, 5.74) is 1.43. The van der Waals surface area contributed by atoms with E-state index in [2.05, 4.69) is 15.4 Å². The third-order valence-electron chi connectivity index (χ3n) is 6.25. The summed E-state index contributed by atoms with van der Waals surface area (Å²) in [6.45, 7) is 0. The lowest BCUT2D eigenvalue weighted by atomic mass is 9.54. The number of fused-ring (bicyclic) bond motifs is 1. The van der Waals surface area contributed by atoms with Gasteiger partial charge in [0.05, 0.1) is 18.0 Å². The molecule has 4 aliphatic rings. The van der Waals surface area contributed by atoms with Crippen molar-refractivity contribution in [3.63, 3.8) is 0 Å². The van der Waals surface area contributed by atoms with Gasteiger partial charge in [-0.2, -0.15) is 10.4 Å². The van der Waals surface area contributed by atoms with Gasteiger partial charge in [0.25, 0.3) is 5.91 Å². The molecule has 4 saturated carbocycles. The molecule has 0 radical (unpaired) electrons.